The summed E-state index contributed by atoms with van der Waals surface area (Å²) in [5, 5.41) is 3.21. The van der Waals surface area contributed by atoms with E-state index >= 15 is 0 Å². The number of halogens is 3. The average molecular weight is 391 g/mol. The molecular formula is C20H16F3NO2S. The molecule has 1 aliphatic heterocycles. The zero-order valence-corrected chi connectivity index (χ0v) is 15.0. The van der Waals surface area contributed by atoms with E-state index in [4.69, 9.17) is 9.47 Å². The quantitative estimate of drug-likeness (QED) is 0.608. The van der Waals surface area contributed by atoms with Crippen molar-refractivity contribution < 1.29 is 22.6 Å². The normalized spacial score (nSPS) is 13.4. The first-order valence-corrected chi connectivity index (χ1v) is 9.21. The van der Waals surface area contributed by atoms with Crippen LogP contribution in [0, 0.1) is 0 Å². The number of hydrogen-bond donors (Lipinski definition) is 1. The fourth-order valence-corrected chi connectivity index (χ4v) is 3.87. The first kappa shape index (κ1) is 17.7. The maximum absolute atomic E-state index is 13.4. The predicted octanol–water partition coefficient (Wildman–Crippen LogP) is 5.82. The maximum atomic E-state index is 13.4. The van der Waals surface area contributed by atoms with Crippen LogP contribution in [0.15, 0.2) is 54.6 Å². The van der Waals surface area contributed by atoms with Crippen molar-refractivity contribution in [3.63, 3.8) is 0 Å². The van der Waals surface area contributed by atoms with Gasteiger partial charge in [-0.1, -0.05) is 30.3 Å². The van der Waals surface area contributed by atoms with Crippen LogP contribution < -0.4 is 14.8 Å². The van der Waals surface area contributed by atoms with Crippen molar-refractivity contribution in [2.24, 2.45) is 0 Å². The number of thiophene rings is 1. The molecule has 0 saturated carbocycles. The van der Waals surface area contributed by atoms with Crippen molar-refractivity contribution in [2.45, 2.75) is 12.8 Å². The van der Waals surface area contributed by atoms with Crippen LogP contribution in [0.4, 0.5) is 18.9 Å². The van der Waals surface area contributed by atoms with Crippen molar-refractivity contribution in [1.29, 1.82) is 0 Å². The predicted molar refractivity (Wildman–Crippen MR) is 99.5 cm³/mol. The third-order valence-electron chi connectivity index (χ3n) is 4.13. The number of alkyl halides is 3. The lowest BCUT2D eigenvalue weighted by Crippen LogP contribution is -2.17. The molecular weight excluding hydrogens is 375 g/mol. The molecule has 1 aromatic heterocycles. The van der Waals surface area contributed by atoms with E-state index in [1.807, 2.05) is 6.07 Å². The van der Waals surface area contributed by atoms with E-state index in [0.717, 1.165) is 12.2 Å². The van der Waals surface area contributed by atoms with Crippen LogP contribution in [0.3, 0.4) is 0 Å². The summed E-state index contributed by atoms with van der Waals surface area (Å²) in [5.41, 5.74) is 1.61. The highest BCUT2D eigenvalue weighted by atomic mass is 32.1. The van der Waals surface area contributed by atoms with Crippen molar-refractivity contribution >= 4 is 17.0 Å². The zero-order chi connectivity index (χ0) is 18.9. The minimum atomic E-state index is -4.40. The lowest BCUT2D eigenvalue weighted by molar-refractivity contribution is -0.133. The molecule has 1 aliphatic rings. The van der Waals surface area contributed by atoms with E-state index in [-0.39, 0.29) is 12.2 Å². The number of rotatable bonds is 4. The topological polar surface area (TPSA) is 30.5 Å². The third-order valence-corrected chi connectivity index (χ3v) is 5.29. The van der Waals surface area contributed by atoms with E-state index in [9.17, 15) is 13.2 Å². The van der Waals surface area contributed by atoms with Crippen LogP contribution in [-0.4, -0.2) is 13.2 Å². The van der Waals surface area contributed by atoms with Gasteiger partial charge in [0.2, 0.25) is 0 Å². The van der Waals surface area contributed by atoms with Crippen LogP contribution in [0.2, 0.25) is 0 Å². The van der Waals surface area contributed by atoms with Gasteiger partial charge in [-0.3, -0.25) is 0 Å². The molecule has 0 fully saturated rings. The molecule has 3 aromatic rings. The SMILES string of the molecule is FC(F)(F)c1sc(COc2ccc3c(c2)OCCN3)cc1-c1ccccc1. The molecule has 0 aliphatic carbocycles. The largest absolute Gasteiger partial charge is 0.489 e. The van der Waals surface area contributed by atoms with Crippen molar-refractivity contribution in [1.82, 2.24) is 0 Å². The summed E-state index contributed by atoms with van der Waals surface area (Å²) in [6.07, 6.45) is -4.40. The van der Waals surface area contributed by atoms with Gasteiger partial charge in [-0.15, -0.1) is 11.3 Å². The lowest BCUT2D eigenvalue weighted by atomic mass is 10.1. The zero-order valence-electron chi connectivity index (χ0n) is 14.2. The van der Waals surface area contributed by atoms with Crippen LogP contribution in [0.5, 0.6) is 11.5 Å². The Bertz CT molecular complexity index is 938. The van der Waals surface area contributed by atoms with E-state index in [2.05, 4.69) is 5.32 Å². The van der Waals surface area contributed by atoms with Gasteiger partial charge in [0, 0.05) is 23.1 Å². The van der Waals surface area contributed by atoms with E-state index in [1.54, 1.807) is 48.5 Å². The summed E-state index contributed by atoms with van der Waals surface area (Å²) in [4.78, 5) is -0.0942. The van der Waals surface area contributed by atoms with Crippen molar-refractivity contribution in [3.8, 4) is 22.6 Å². The van der Waals surface area contributed by atoms with Gasteiger partial charge in [-0.25, -0.2) is 0 Å². The van der Waals surface area contributed by atoms with E-state index < -0.39 is 11.1 Å². The molecule has 0 atom stereocenters. The molecule has 0 unspecified atom stereocenters. The summed E-state index contributed by atoms with van der Waals surface area (Å²) >= 11 is 0.716. The molecule has 0 spiro atoms. The summed E-state index contributed by atoms with van der Waals surface area (Å²) in [6, 6.07) is 15.5. The smallest absolute Gasteiger partial charge is 0.426 e. The Kier molecular flexibility index (Phi) is 4.70. The highest BCUT2D eigenvalue weighted by Gasteiger charge is 2.36. The Morgan fingerprint density at radius 3 is 2.67 bits per heavy atom. The molecule has 0 radical (unpaired) electrons. The average Bonchev–Trinajstić information content (AvgIpc) is 3.12. The highest BCUT2D eigenvalue weighted by molar-refractivity contribution is 7.12. The molecule has 7 heteroatoms. The van der Waals surface area contributed by atoms with Gasteiger partial charge in [-0.2, -0.15) is 13.2 Å². The van der Waals surface area contributed by atoms with Crippen LogP contribution >= 0.6 is 11.3 Å². The second kappa shape index (κ2) is 7.15. The van der Waals surface area contributed by atoms with Gasteiger partial charge >= 0.3 is 6.18 Å². The second-order valence-electron chi connectivity index (χ2n) is 6.04. The van der Waals surface area contributed by atoms with E-state index in [0.29, 0.717) is 39.9 Å². The maximum Gasteiger partial charge on any atom is 0.426 e. The molecule has 3 nitrogen and oxygen atoms in total. The number of fused-ring (bicyclic) bond motifs is 1. The van der Waals surface area contributed by atoms with Crippen LogP contribution in [0.1, 0.15) is 9.75 Å². The summed E-state index contributed by atoms with van der Waals surface area (Å²) in [7, 11) is 0. The van der Waals surface area contributed by atoms with Gasteiger partial charge in [0.1, 0.15) is 29.6 Å². The second-order valence-corrected chi connectivity index (χ2v) is 7.18. The fraction of sp³-hybridized carbons (Fsp3) is 0.200. The Balaban J connectivity index is 1.57. The number of anilines is 1. The fourth-order valence-electron chi connectivity index (χ4n) is 2.91. The Morgan fingerprint density at radius 1 is 1.07 bits per heavy atom. The summed E-state index contributed by atoms with van der Waals surface area (Å²) in [6.45, 7) is 1.37. The molecule has 0 bridgehead atoms. The number of ether oxygens (including phenoxy) is 2. The minimum absolute atomic E-state index is 0.0623. The first-order chi connectivity index (χ1) is 13.0. The first-order valence-electron chi connectivity index (χ1n) is 8.39. The van der Waals surface area contributed by atoms with Gasteiger partial charge in [0.25, 0.3) is 0 Å². The van der Waals surface area contributed by atoms with Crippen LogP contribution in [-0.2, 0) is 12.8 Å². The summed E-state index contributed by atoms with van der Waals surface area (Å²) in [5.74, 6) is 1.24. The molecule has 27 heavy (non-hydrogen) atoms. The van der Waals surface area contributed by atoms with E-state index in [1.165, 1.54) is 0 Å². The Labute approximate surface area is 158 Å². The van der Waals surface area contributed by atoms with Gasteiger partial charge < -0.3 is 14.8 Å². The van der Waals surface area contributed by atoms with Crippen molar-refractivity contribution in [3.05, 3.63) is 64.4 Å². The minimum Gasteiger partial charge on any atom is -0.489 e. The standard InChI is InChI=1S/C20H16F3NO2S/c21-20(22,23)19-16(13-4-2-1-3-5-13)11-15(27-19)12-26-14-6-7-17-18(10-14)25-9-8-24-17/h1-7,10-11,24H,8-9,12H2. The molecule has 0 amide bonds. The lowest BCUT2D eigenvalue weighted by Gasteiger charge is -2.19. The molecule has 4 rings (SSSR count). The monoisotopic (exact) mass is 391 g/mol. The molecule has 2 aromatic carbocycles. The molecule has 1 N–H and O–H groups in total. The summed E-state index contributed by atoms with van der Waals surface area (Å²) < 4.78 is 51.6. The molecule has 2 heterocycles. The number of hydrogen-bond acceptors (Lipinski definition) is 4. The number of benzene rings is 2. The molecule has 140 valence electrons. The molecule has 0 saturated heterocycles. The van der Waals surface area contributed by atoms with Crippen LogP contribution in [0.25, 0.3) is 11.1 Å². The Morgan fingerprint density at radius 2 is 1.89 bits per heavy atom. The van der Waals surface area contributed by atoms with Gasteiger partial charge in [0.15, 0.2) is 0 Å². The Hall–Kier alpha value is -2.67. The third kappa shape index (κ3) is 3.88. The highest BCUT2D eigenvalue weighted by Crippen LogP contribution is 2.43. The van der Waals surface area contributed by atoms with Gasteiger partial charge in [-0.05, 0) is 23.8 Å². The number of nitrogens with one attached hydrogen (secondary N) is 1. The van der Waals surface area contributed by atoms with Gasteiger partial charge in [0.05, 0.1) is 5.69 Å². The van der Waals surface area contributed by atoms with Crippen molar-refractivity contribution in [2.75, 3.05) is 18.5 Å².